The smallest absolute Gasteiger partial charge is 0.267 e. The number of aryl methyl sites for hydroxylation is 1. The summed E-state index contributed by atoms with van der Waals surface area (Å²) in [5, 5.41) is 9.56. The molecule has 1 fully saturated rings. The number of anilines is 1. The van der Waals surface area contributed by atoms with Gasteiger partial charge < -0.3 is 4.90 Å². The summed E-state index contributed by atoms with van der Waals surface area (Å²) < 4.78 is 3.71. The van der Waals surface area contributed by atoms with Crippen molar-refractivity contribution in [2.45, 2.75) is 19.8 Å². The van der Waals surface area contributed by atoms with Crippen LogP contribution in [0, 0.1) is 6.92 Å². The third-order valence-electron chi connectivity index (χ3n) is 5.15. The fraction of sp³-hybridized carbons (Fsp3) is 0.250. The Bertz CT molecular complexity index is 1180. The Morgan fingerprint density at radius 2 is 1.65 bits per heavy atom. The second kappa shape index (κ2) is 5.69. The van der Waals surface area contributed by atoms with E-state index in [1.807, 2.05) is 59.9 Å². The van der Waals surface area contributed by atoms with Gasteiger partial charge in [0.15, 0.2) is 0 Å². The zero-order valence-corrected chi connectivity index (χ0v) is 14.6. The normalized spacial score (nSPS) is 14.6. The van der Waals surface area contributed by atoms with Gasteiger partial charge in [-0.15, -0.1) is 10.2 Å². The van der Waals surface area contributed by atoms with Crippen LogP contribution in [0.25, 0.3) is 22.4 Å². The molecule has 0 atom stereocenters. The third kappa shape index (κ3) is 2.08. The van der Waals surface area contributed by atoms with Gasteiger partial charge in [0.2, 0.25) is 11.7 Å². The van der Waals surface area contributed by atoms with Crippen molar-refractivity contribution in [1.29, 1.82) is 0 Å². The van der Waals surface area contributed by atoms with Crippen molar-refractivity contribution < 1.29 is 0 Å². The third-order valence-corrected chi connectivity index (χ3v) is 5.15. The SMILES string of the molecule is Cc1ccccc1-n1c(=O)c2ccccc2n2c(N3CCCC3)nnc12. The Kier molecular flexibility index (Phi) is 3.31. The van der Waals surface area contributed by atoms with E-state index in [4.69, 9.17) is 0 Å². The maximum absolute atomic E-state index is 13.3. The molecule has 6 heteroatoms. The van der Waals surface area contributed by atoms with Crippen LogP contribution in [0.5, 0.6) is 0 Å². The molecule has 0 saturated carbocycles. The Balaban J connectivity index is 1.95. The van der Waals surface area contributed by atoms with Crippen LogP contribution in [-0.4, -0.2) is 32.3 Å². The first-order valence-corrected chi connectivity index (χ1v) is 8.95. The van der Waals surface area contributed by atoms with Gasteiger partial charge >= 0.3 is 0 Å². The highest BCUT2D eigenvalue weighted by Crippen LogP contribution is 2.25. The van der Waals surface area contributed by atoms with E-state index in [0.29, 0.717) is 11.2 Å². The minimum Gasteiger partial charge on any atom is -0.341 e. The van der Waals surface area contributed by atoms with Gasteiger partial charge in [0.05, 0.1) is 16.6 Å². The number of fused-ring (bicyclic) bond motifs is 3. The quantitative estimate of drug-likeness (QED) is 0.560. The fourth-order valence-corrected chi connectivity index (χ4v) is 3.84. The van der Waals surface area contributed by atoms with Gasteiger partial charge in [-0.2, -0.15) is 0 Å². The van der Waals surface area contributed by atoms with Crippen LogP contribution in [0.2, 0.25) is 0 Å². The molecular formula is C20H19N5O. The Hall–Kier alpha value is -3.15. The van der Waals surface area contributed by atoms with Gasteiger partial charge in [0, 0.05) is 13.1 Å². The predicted molar refractivity (Wildman–Crippen MR) is 102 cm³/mol. The number of hydrogen-bond acceptors (Lipinski definition) is 4. The lowest BCUT2D eigenvalue weighted by molar-refractivity contribution is 0.888. The molecule has 0 radical (unpaired) electrons. The standard InChI is InChI=1S/C20H19N5O/c1-14-8-2-4-10-16(14)24-18(26)15-9-3-5-11-17(15)25-19(21-22-20(24)25)23-12-6-7-13-23/h2-5,8-11H,6-7,12-13H2,1H3. The molecule has 3 heterocycles. The van der Waals surface area contributed by atoms with Crippen LogP contribution in [0.4, 0.5) is 5.95 Å². The zero-order valence-electron chi connectivity index (χ0n) is 14.6. The van der Waals surface area contributed by atoms with E-state index >= 15 is 0 Å². The lowest BCUT2D eigenvalue weighted by Crippen LogP contribution is -2.25. The maximum Gasteiger partial charge on any atom is 0.267 e. The number of aromatic nitrogens is 4. The van der Waals surface area contributed by atoms with Gasteiger partial charge in [0.1, 0.15) is 0 Å². The van der Waals surface area contributed by atoms with Crippen molar-refractivity contribution in [3.05, 3.63) is 64.4 Å². The first-order valence-electron chi connectivity index (χ1n) is 8.95. The van der Waals surface area contributed by atoms with Crippen LogP contribution >= 0.6 is 0 Å². The second-order valence-electron chi connectivity index (χ2n) is 6.77. The monoisotopic (exact) mass is 345 g/mol. The molecular weight excluding hydrogens is 326 g/mol. The summed E-state index contributed by atoms with van der Waals surface area (Å²) in [5.41, 5.74) is 2.65. The van der Waals surface area contributed by atoms with Crippen LogP contribution < -0.4 is 10.5 Å². The van der Waals surface area contributed by atoms with E-state index in [0.717, 1.165) is 48.6 Å². The highest BCUT2D eigenvalue weighted by Gasteiger charge is 2.23. The molecule has 1 saturated heterocycles. The molecule has 0 bridgehead atoms. The largest absolute Gasteiger partial charge is 0.341 e. The van der Waals surface area contributed by atoms with Crippen molar-refractivity contribution in [2.75, 3.05) is 18.0 Å². The van der Waals surface area contributed by atoms with Crippen molar-refractivity contribution in [1.82, 2.24) is 19.2 Å². The lowest BCUT2D eigenvalue weighted by Gasteiger charge is -2.17. The van der Waals surface area contributed by atoms with Crippen molar-refractivity contribution in [2.24, 2.45) is 0 Å². The summed E-state index contributed by atoms with van der Waals surface area (Å²) in [6.45, 7) is 3.95. The minimum atomic E-state index is -0.0669. The summed E-state index contributed by atoms with van der Waals surface area (Å²) in [5.74, 6) is 1.38. The molecule has 0 N–H and O–H groups in total. The number of benzene rings is 2. The number of para-hydroxylation sites is 2. The van der Waals surface area contributed by atoms with Crippen LogP contribution in [0.1, 0.15) is 18.4 Å². The highest BCUT2D eigenvalue weighted by atomic mass is 16.1. The van der Waals surface area contributed by atoms with Crippen LogP contribution in [0.15, 0.2) is 53.3 Å². The number of hydrogen-bond donors (Lipinski definition) is 0. The Labute approximate surface area is 150 Å². The van der Waals surface area contributed by atoms with E-state index in [1.54, 1.807) is 4.57 Å². The molecule has 26 heavy (non-hydrogen) atoms. The molecule has 2 aromatic heterocycles. The molecule has 0 spiro atoms. The van der Waals surface area contributed by atoms with Crippen LogP contribution in [0.3, 0.4) is 0 Å². The van der Waals surface area contributed by atoms with Crippen LogP contribution in [-0.2, 0) is 0 Å². The molecule has 130 valence electrons. The Morgan fingerprint density at radius 3 is 2.46 bits per heavy atom. The molecule has 5 rings (SSSR count). The van der Waals surface area contributed by atoms with Crippen molar-refractivity contribution >= 4 is 22.6 Å². The minimum absolute atomic E-state index is 0.0669. The summed E-state index contributed by atoms with van der Waals surface area (Å²) in [6.07, 6.45) is 2.31. The summed E-state index contributed by atoms with van der Waals surface area (Å²) in [7, 11) is 0. The average Bonchev–Trinajstić information content (AvgIpc) is 3.33. The fourth-order valence-electron chi connectivity index (χ4n) is 3.84. The van der Waals surface area contributed by atoms with Gasteiger partial charge in [-0.3, -0.25) is 4.79 Å². The van der Waals surface area contributed by atoms with E-state index < -0.39 is 0 Å². The molecule has 0 amide bonds. The number of rotatable bonds is 2. The molecule has 1 aliphatic heterocycles. The predicted octanol–water partition coefficient (Wildman–Crippen LogP) is 2.94. The summed E-state index contributed by atoms with van der Waals surface area (Å²) in [6, 6.07) is 15.6. The summed E-state index contributed by atoms with van der Waals surface area (Å²) >= 11 is 0. The lowest BCUT2D eigenvalue weighted by atomic mass is 10.2. The maximum atomic E-state index is 13.3. The highest BCUT2D eigenvalue weighted by molar-refractivity contribution is 5.82. The molecule has 0 unspecified atom stereocenters. The van der Waals surface area contributed by atoms with Gasteiger partial charge in [-0.1, -0.05) is 30.3 Å². The Morgan fingerprint density at radius 1 is 0.923 bits per heavy atom. The van der Waals surface area contributed by atoms with Crippen molar-refractivity contribution in [3.8, 4) is 5.69 Å². The van der Waals surface area contributed by atoms with E-state index in [2.05, 4.69) is 15.1 Å². The van der Waals surface area contributed by atoms with Gasteiger partial charge in [0.25, 0.3) is 5.56 Å². The number of nitrogens with zero attached hydrogens (tertiary/aromatic N) is 5. The topological polar surface area (TPSA) is 55.4 Å². The molecule has 1 aliphatic rings. The first kappa shape index (κ1) is 15.1. The molecule has 2 aromatic carbocycles. The zero-order chi connectivity index (χ0) is 17.7. The van der Waals surface area contributed by atoms with E-state index in [-0.39, 0.29) is 5.56 Å². The second-order valence-corrected chi connectivity index (χ2v) is 6.77. The van der Waals surface area contributed by atoms with Gasteiger partial charge in [-0.25, -0.2) is 8.97 Å². The average molecular weight is 345 g/mol. The van der Waals surface area contributed by atoms with E-state index in [1.165, 1.54) is 0 Å². The molecule has 0 aliphatic carbocycles. The molecule has 6 nitrogen and oxygen atoms in total. The van der Waals surface area contributed by atoms with Crippen molar-refractivity contribution in [3.63, 3.8) is 0 Å². The molecule has 4 aromatic rings. The first-order chi connectivity index (χ1) is 12.8. The van der Waals surface area contributed by atoms with E-state index in [9.17, 15) is 4.79 Å². The van der Waals surface area contributed by atoms with Gasteiger partial charge in [-0.05, 0) is 43.5 Å². The summed E-state index contributed by atoms with van der Waals surface area (Å²) in [4.78, 5) is 15.5.